The van der Waals surface area contributed by atoms with E-state index in [1.165, 1.54) is 0 Å². The molecule has 0 spiro atoms. The number of anilines is 1. The van der Waals surface area contributed by atoms with Crippen LogP contribution in [0, 0.1) is 16.0 Å². The predicted molar refractivity (Wildman–Crippen MR) is 104 cm³/mol. The maximum Gasteiger partial charge on any atom is 0.416 e. The Kier molecular flexibility index (Phi) is 6.25. The molecule has 0 aliphatic carbocycles. The average molecular weight is 445 g/mol. The van der Waals surface area contributed by atoms with Gasteiger partial charge in [0.2, 0.25) is 0 Å². The summed E-state index contributed by atoms with van der Waals surface area (Å²) in [6, 6.07) is 1.04. The van der Waals surface area contributed by atoms with Crippen LogP contribution >= 0.6 is 11.3 Å². The quantitative estimate of drug-likeness (QED) is 0.392. The number of carbonyl (C=O) groups excluding carboxylic acids is 1. The van der Waals surface area contributed by atoms with Crippen molar-refractivity contribution in [1.29, 1.82) is 0 Å². The van der Waals surface area contributed by atoms with Crippen LogP contribution in [-0.4, -0.2) is 35.6 Å². The van der Waals surface area contributed by atoms with E-state index in [0.717, 1.165) is 11.3 Å². The molecule has 1 saturated heterocycles. The van der Waals surface area contributed by atoms with E-state index in [0.29, 0.717) is 44.7 Å². The minimum Gasteiger partial charge on any atom is -0.466 e. The Balaban J connectivity index is 1.90. The molecule has 162 valence electrons. The maximum absolute atomic E-state index is 13.1. The summed E-state index contributed by atoms with van der Waals surface area (Å²) in [7, 11) is 0. The van der Waals surface area contributed by atoms with Gasteiger partial charge in [0.25, 0.3) is 11.2 Å². The number of hydrogen-bond acceptors (Lipinski definition) is 8. The summed E-state index contributed by atoms with van der Waals surface area (Å²) >= 11 is 0.819. The Labute approximate surface area is 172 Å². The Bertz CT molecular complexity index is 1030. The largest absolute Gasteiger partial charge is 0.466 e. The second-order valence-corrected chi connectivity index (χ2v) is 7.85. The van der Waals surface area contributed by atoms with Gasteiger partial charge in [0.05, 0.1) is 22.5 Å². The highest BCUT2D eigenvalue weighted by Crippen LogP contribution is 2.38. The number of nitrogens with zero attached hydrogens (tertiary/aromatic N) is 3. The van der Waals surface area contributed by atoms with Crippen molar-refractivity contribution in [2.75, 3.05) is 24.6 Å². The first-order chi connectivity index (χ1) is 14.1. The molecule has 0 N–H and O–H groups in total. The summed E-state index contributed by atoms with van der Waals surface area (Å²) in [6.07, 6.45) is -3.27. The molecule has 2 aromatic rings. The van der Waals surface area contributed by atoms with Gasteiger partial charge in [-0.1, -0.05) is 11.3 Å². The van der Waals surface area contributed by atoms with Gasteiger partial charge < -0.3 is 9.64 Å². The van der Waals surface area contributed by atoms with E-state index >= 15 is 0 Å². The molecular weight excluding hydrogens is 427 g/mol. The number of esters is 1. The number of nitro benzene ring substituents is 1. The molecule has 0 amide bonds. The van der Waals surface area contributed by atoms with Gasteiger partial charge in [-0.3, -0.25) is 19.7 Å². The molecule has 1 aromatic heterocycles. The van der Waals surface area contributed by atoms with Crippen molar-refractivity contribution in [1.82, 2.24) is 4.98 Å². The van der Waals surface area contributed by atoms with E-state index in [2.05, 4.69) is 4.98 Å². The second kappa shape index (κ2) is 8.54. The average Bonchev–Trinajstić information content (AvgIpc) is 2.67. The van der Waals surface area contributed by atoms with Crippen LogP contribution < -0.4 is 10.5 Å². The number of benzene rings is 1. The number of nitro groups is 1. The van der Waals surface area contributed by atoms with E-state index < -0.39 is 33.3 Å². The lowest BCUT2D eigenvalue weighted by Gasteiger charge is -2.31. The molecule has 30 heavy (non-hydrogen) atoms. The Morgan fingerprint density at radius 1 is 1.37 bits per heavy atom. The van der Waals surface area contributed by atoms with E-state index in [1.807, 2.05) is 0 Å². The van der Waals surface area contributed by atoms with E-state index in [-0.39, 0.29) is 28.1 Å². The number of ether oxygens (including phenoxy) is 1. The summed E-state index contributed by atoms with van der Waals surface area (Å²) in [5.41, 5.74) is -2.98. The smallest absolute Gasteiger partial charge is 0.416 e. The highest BCUT2D eigenvalue weighted by molar-refractivity contribution is 7.22. The number of carbonyl (C=O) groups is 1. The van der Waals surface area contributed by atoms with Crippen LogP contribution in [0.1, 0.15) is 31.7 Å². The lowest BCUT2D eigenvalue weighted by atomic mass is 9.94. The fourth-order valence-corrected chi connectivity index (χ4v) is 4.48. The van der Waals surface area contributed by atoms with Gasteiger partial charge in [0, 0.05) is 25.6 Å². The minimum absolute atomic E-state index is 0.112. The molecule has 0 atom stereocenters. The highest BCUT2D eigenvalue weighted by atomic mass is 32.1. The lowest BCUT2D eigenvalue weighted by molar-refractivity contribution is -0.383. The van der Waals surface area contributed by atoms with Crippen molar-refractivity contribution < 1.29 is 27.6 Å². The van der Waals surface area contributed by atoms with Crippen LogP contribution in [0.2, 0.25) is 0 Å². The molecule has 8 nitrogen and oxygen atoms in total. The first-order valence-corrected chi connectivity index (χ1v) is 10.0. The molecule has 0 unspecified atom stereocenters. The molecule has 1 aliphatic rings. The molecular formula is C18H18F3N3O5S. The number of hydrogen-bond donors (Lipinski definition) is 0. The predicted octanol–water partition coefficient (Wildman–Crippen LogP) is 3.75. The standard InChI is InChI=1S/C18H18F3N3O5S/c1-2-29-14(25)7-10-3-5-23(6-4-10)17-22-16(26)12-8-11(18(19,20)21)9-13(24(27)28)15(12)30-17/h8-10H,2-7H2,1H3. The van der Waals surface area contributed by atoms with Crippen molar-refractivity contribution in [3.63, 3.8) is 0 Å². The van der Waals surface area contributed by atoms with Crippen molar-refractivity contribution in [3.8, 4) is 0 Å². The van der Waals surface area contributed by atoms with Gasteiger partial charge in [-0.15, -0.1) is 0 Å². The zero-order valence-corrected chi connectivity index (χ0v) is 16.7. The van der Waals surface area contributed by atoms with Crippen LogP contribution in [-0.2, 0) is 15.7 Å². The number of alkyl halides is 3. The molecule has 0 radical (unpaired) electrons. The van der Waals surface area contributed by atoms with Crippen LogP contribution in [0.15, 0.2) is 16.9 Å². The Hall–Kier alpha value is -2.76. The van der Waals surface area contributed by atoms with Crippen LogP contribution in [0.25, 0.3) is 10.1 Å². The molecule has 3 rings (SSSR count). The maximum atomic E-state index is 13.1. The molecule has 0 saturated carbocycles. The second-order valence-electron chi connectivity index (χ2n) is 6.87. The molecule has 0 bridgehead atoms. The van der Waals surface area contributed by atoms with Gasteiger partial charge in [0.1, 0.15) is 4.70 Å². The fourth-order valence-electron chi connectivity index (χ4n) is 3.36. The third kappa shape index (κ3) is 4.69. The number of non-ortho nitro benzene ring substituents is 1. The van der Waals surface area contributed by atoms with Crippen LogP contribution in [0.4, 0.5) is 24.0 Å². The first kappa shape index (κ1) is 21.9. The number of halogens is 3. The van der Waals surface area contributed by atoms with Gasteiger partial charge in [-0.2, -0.15) is 18.2 Å². The van der Waals surface area contributed by atoms with Crippen molar-refractivity contribution in [2.45, 2.75) is 32.4 Å². The Morgan fingerprint density at radius 3 is 2.60 bits per heavy atom. The summed E-state index contributed by atoms with van der Waals surface area (Å²) in [5.74, 6) is -0.165. The minimum atomic E-state index is -4.82. The van der Waals surface area contributed by atoms with Gasteiger partial charge in [-0.05, 0) is 31.7 Å². The third-order valence-electron chi connectivity index (χ3n) is 4.86. The third-order valence-corrected chi connectivity index (χ3v) is 6.03. The molecule has 1 aliphatic heterocycles. The van der Waals surface area contributed by atoms with E-state index in [9.17, 15) is 32.9 Å². The Morgan fingerprint density at radius 2 is 2.03 bits per heavy atom. The summed E-state index contributed by atoms with van der Waals surface area (Å²) in [5, 5.41) is 11.1. The zero-order chi connectivity index (χ0) is 22.1. The number of aromatic nitrogens is 1. The lowest BCUT2D eigenvalue weighted by Crippen LogP contribution is -2.35. The molecule has 12 heteroatoms. The highest BCUT2D eigenvalue weighted by Gasteiger charge is 2.34. The molecule has 1 fully saturated rings. The summed E-state index contributed by atoms with van der Waals surface area (Å²) < 4.78 is 44.0. The van der Waals surface area contributed by atoms with Crippen molar-refractivity contribution in [2.24, 2.45) is 5.92 Å². The monoisotopic (exact) mass is 445 g/mol. The topological polar surface area (TPSA) is 103 Å². The van der Waals surface area contributed by atoms with E-state index in [1.54, 1.807) is 11.8 Å². The number of piperidine rings is 1. The normalized spacial score (nSPS) is 15.4. The fraction of sp³-hybridized carbons (Fsp3) is 0.500. The first-order valence-electron chi connectivity index (χ1n) is 9.21. The molecule has 1 aromatic carbocycles. The van der Waals surface area contributed by atoms with Gasteiger partial charge in [0.15, 0.2) is 5.13 Å². The zero-order valence-electron chi connectivity index (χ0n) is 15.9. The van der Waals surface area contributed by atoms with E-state index in [4.69, 9.17) is 4.74 Å². The van der Waals surface area contributed by atoms with Crippen LogP contribution in [0.5, 0.6) is 0 Å². The van der Waals surface area contributed by atoms with Crippen molar-refractivity contribution >= 4 is 38.2 Å². The van der Waals surface area contributed by atoms with Crippen molar-refractivity contribution in [3.05, 3.63) is 38.2 Å². The SMILES string of the molecule is CCOC(=O)CC1CCN(c2nc(=O)c3cc(C(F)(F)F)cc([N+](=O)[O-])c3s2)CC1. The van der Waals surface area contributed by atoms with Gasteiger partial charge >= 0.3 is 12.1 Å². The molecule has 2 heterocycles. The summed E-state index contributed by atoms with van der Waals surface area (Å²) in [6.45, 7) is 2.96. The summed E-state index contributed by atoms with van der Waals surface area (Å²) in [4.78, 5) is 40.1. The van der Waals surface area contributed by atoms with Gasteiger partial charge in [-0.25, -0.2) is 0 Å². The number of rotatable bonds is 5. The number of fused-ring (bicyclic) bond motifs is 1. The van der Waals surface area contributed by atoms with Crippen LogP contribution in [0.3, 0.4) is 0 Å².